The summed E-state index contributed by atoms with van der Waals surface area (Å²) in [5, 5.41) is 6.33. The molecule has 1 aromatic heterocycles. The van der Waals surface area contributed by atoms with Gasteiger partial charge in [0.25, 0.3) is 0 Å². The predicted molar refractivity (Wildman–Crippen MR) is 75.0 cm³/mol. The van der Waals surface area contributed by atoms with Crippen molar-refractivity contribution in [2.75, 3.05) is 27.2 Å². The number of nitrogens with zero attached hydrogens (tertiary/aromatic N) is 2. The van der Waals surface area contributed by atoms with Crippen molar-refractivity contribution in [1.29, 1.82) is 0 Å². The van der Waals surface area contributed by atoms with Crippen LogP contribution in [0.5, 0.6) is 0 Å². The average molecular weight is 262 g/mol. The Balaban J connectivity index is 1.80. The van der Waals surface area contributed by atoms with Crippen LogP contribution in [-0.4, -0.2) is 43.1 Å². The number of hydrogen-bond acceptors (Lipinski definition) is 3. The highest BCUT2D eigenvalue weighted by atomic mass is 16.2. The Kier molecular flexibility index (Phi) is 4.74. The smallest absolute Gasteiger partial charge is 0.316 e. The third-order valence-electron chi connectivity index (χ3n) is 3.39. The molecule has 2 amide bonds. The molecule has 104 valence electrons. The molecule has 19 heavy (non-hydrogen) atoms. The van der Waals surface area contributed by atoms with Gasteiger partial charge in [-0.25, -0.2) is 4.79 Å². The molecule has 0 aromatic carbocycles. The molecule has 5 heteroatoms. The number of pyridine rings is 1. The Morgan fingerprint density at radius 1 is 1.47 bits per heavy atom. The van der Waals surface area contributed by atoms with E-state index in [2.05, 4.69) is 21.7 Å². The number of rotatable bonds is 4. The first-order valence-corrected chi connectivity index (χ1v) is 6.81. The zero-order valence-electron chi connectivity index (χ0n) is 11.6. The summed E-state index contributed by atoms with van der Waals surface area (Å²) in [5.41, 5.74) is 2.52. The van der Waals surface area contributed by atoms with Gasteiger partial charge in [-0.15, -0.1) is 0 Å². The van der Waals surface area contributed by atoms with Crippen molar-refractivity contribution in [3.8, 4) is 0 Å². The third kappa shape index (κ3) is 3.67. The number of carbonyl (C=O) groups is 1. The molecule has 0 saturated heterocycles. The van der Waals surface area contributed by atoms with E-state index in [1.165, 1.54) is 22.6 Å². The summed E-state index contributed by atoms with van der Waals surface area (Å²) in [5.74, 6) is 0. The quantitative estimate of drug-likeness (QED) is 0.805. The number of fused-ring (bicyclic) bond motifs is 1. The summed E-state index contributed by atoms with van der Waals surface area (Å²) in [6.45, 7) is 1.40. The lowest BCUT2D eigenvalue weighted by atomic mass is 9.92. The summed E-state index contributed by atoms with van der Waals surface area (Å²) in [6, 6.07) is 4.42. The van der Waals surface area contributed by atoms with E-state index in [0.29, 0.717) is 12.6 Å². The van der Waals surface area contributed by atoms with E-state index in [1.807, 2.05) is 12.3 Å². The number of aryl methyl sites for hydroxylation is 1. The molecule has 2 N–H and O–H groups in total. The summed E-state index contributed by atoms with van der Waals surface area (Å²) in [4.78, 5) is 17.4. The Hall–Kier alpha value is -1.62. The molecule has 0 saturated carbocycles. The number of hydrogen-bond donors (Lipinski definition) is 2. The highest BCUT2D eigenvalue weighted by Gasteiger charge is 2.20. The van der Waals surface area contributed by atoms with Crippen molar-refractivity contribution in [1.82, 2.24) is 20.5 Å². The van der Waals surface area contributed by atoms with Crippen LogP contribution in [0.2, 0.25) is 0 Å². The summed E-state index contributed by atoms with van der Waals surface area (Å²) >= 11 is 0. The number of aromatic nitrogens is 1. The van der Waals surface area contributed by atoms with Crippen molar-refractivity contribution in [3.63, 3.8) is 0 Å². The van der Waals surface area contributed by atoms with Gasteiger partial charge in [-0.2, -0.15) is 0 Å². The number of amides is 2. The Bertz CT molecular complexity index is 433. The minimum absolute atomic E-state index is 0.0519. The Morgan fingerprint density at radius 3 is 3.11 bits per heavy atom. The molecule has 0 radical (unpaired) electrons. The molecule has 1 aliphatic rings. The molecule has 0 bridgehead atoms. The second kappa shape index (κ2) is 6.52. The van der Waals surface area contributed by atoms with Crippen molar-refractivity contribution >= 4 is 6.03 Å². The minimum atomic E-state index is -0.0519. The lowest BCUT2D eigenvalue weighted by Gasteiger charge is -2.25. The highest BCUT2D eigenvalue weighted by molar-refractivity contribution is 5.73. The van der Waals surface area contributed by atoms with Gasteiger partial charge in [0.2, 0.25) is 0 Å². The summed E-state index contributed by atoms with van der Waals surface area (Å²) in [6.07, 6.45) is 5.29. The van der Waals surface area contributed by atoms with E-state index in [0.717, 1.165) is 19.4 Å². The second-order valence-electron chi connectivity index (χ2n) is 5.07. The molecule has 5 nitrogen and oxygen atoms in total. The topological polar surface area (TPSA) is 57.3 Å². The van der Waals surface area contributed by atoms with Gasteiger partial charge in [0.15, 0.2) is 0 Å². The lowest BCUT2D eigenvalue weighted by molar-refractivity contribution is 0.217. The summed E-state index contributed by atoms with van der Waals surface area (Å²) < 4.78 is 0. The molecule has 0 spiro atoms. The van der Waals surface area contributed by atoms with E-state index in [1.54, 1.807) is 14.1 Å². The SMILES string of the molecule is CN(C)C(=O)NCCNC1CCCc2cccnc21. The monoisotopic (exact) mass is 262 g/mol. The Morgan fingerprint density at radius 2 is 2.32 bits per heavy atom. The van der Waals surface area contributed by atoms with E-state index in [4.69, 9.17) is 0 Å². The average Bonchev–Trinajstić information content (AvgIpc) is 2.43. The zero-order chi connectivity index (χ0) is 13.7. The lowest BCUT2D eigenvalue weighted by Crippen LogP contribution is -2.39. The number of carbonyl (C=O) groups excluding carboxylic acids is 1. The van der Waals surface area contributed by atoms with Gasteiger partial charge in [-0.05, 0) is 30.9 Å². The predicted octanol–water partition coefficient (Wildman–Crippen LogP) is 1.32. The molecule has 1 aromatic rings. The number of nitrogens with one attached hydrogen (secondary N) is 2. The fourth-order valence-corrected chi connectivity index (χ4v) is 2.38. The fraction of sp³-hybridized carbons (Fsp3) is 0.571. The van der Waals surface area contributed by atoms with Gasteiger partial charge >= 0.3 is 6.03 Å². The van der Waals surface area contributed by atoms with E-state index < -0.39 is 0 Å². The van der Waals surface area contributed by atoms with Crippen LogP contribution in [0.25, 0.3) is 0 Å². The van der Waals surface area contributed by atoms with E-state index in [-0.39, 0.29) is 6.03 Å². The summed E-state index contributed by atoms with van der Waals surface area (Å²) in [7, 11) is 3.48. The minimum Gasteiger partial charge on any atom is -0.337 e. The van der Waals surface area contributed by atoms with Crippen LogP contribution >= 0.6 is 0 Å². The van der Waals surface area contributed by atoms with Gasteiger partial charge < -0.3 is 15.5 Å². The molecule has 1 unspecified atom stereocenters. The molecular formula is C14H22N4O. The first-order valence-electron chi connectivity index (χ1n) is 6.81. The molecular weight excluding hydrogens is 240 g/mol. The van der Waals surface area contributed by atoms with E-state index in [9.17, 15) is 4.79 Å². The normalized spacial score (nSPS) is 17.7. The molecule has 1 aliphatic carbocycles. The third-order valence-corrected chi connectivity index (χ3v) is 3.39. The van der Waals surface area contributed by atoms with Crippen molar-refractivity contribution in [2.45, 2.75) is 25.3 Å². The first-order chi connectivity index (χ1) is 9.18. The maximum Gasteiger partial charge on any atom is 0.316 e. The largest absolute Gasteiger partial charge is 0.337 e. The molecule has 0 aliphatic heterocycles. The van der Waals surface area contributed by atoms with Crippen LogP contribution < -0.4 is 10.6 Å². The number of urea groups is 1. The molecule has 1 atom stereocenters. The van der Waals surface area contributed by atoms with Crippen LogP contribution in [0.15, 0.2) is 18.3 Å². The maximum absolute atomic E-state index is 11.4. The van der Waals surface area contributed by atoms with Crippen LogP contribution in [0.1, 0.15) is 30.1 Å². The maximum atomic E-state index is 11.4. The Labute approximate surface area is 114 Å². The van der Waals surface area contributed by atoms with Gasteiger partial charge in [-0.1, -0.05) is 6.07 Å². The molecule has 0 fully saturated rings. The van der Waals surface area contributed by atoms with E-state index >= 15 is 0 Å². The van der Waals surface area contributed by atoms with Crippen LogP contribution in [0, 0.1) is 0 Å². The van der Waals surface area contributed by atoms with Crippen LogP contribution in [-0.2, 0) is 6.42 Å². The highest BCUT2D eigenvalue weighted by Crippen LogP contribution is 2.27. The fourth-order valence-electron chi connectivity index (χ4n) is 2.38. The molecule has 1 heterocycles. The van der Waals surface area contributed by atoms with Gasteiger partial charge in [0.1, 0.15) is 0 Å². The first kappa shape index (κ1) is 13.8. The van der Waals surface area contributed by atoms with Crippen molar-refractivity contribution in [3.05, 3.63) is 29.6 Å². The van der Waals surface area contributed by atoms with Crippen molar-refractivity contribution in [2.24, 2.45) is 0 Å². The standard InChI is InChI=1S/C14H22N4O/c1-18(2)14(19)17-10-9-15-12-7-3-5-11-6-4-8-16-13(11)12/h4,6,8,12,15H,3,5,7,9-10H2,1-2H3,(H,17,19). The van der Waals surface area contributed by atoms with Gasteiger partial charge in [0, 0.05) is 39.4 Å². The van der Waals surface area contributed by atoms with Crippen LogP contribution in [0.3, 0.4) is 0 Å². The molecule has 2 rings (SSSR count). The van der Waals surface area contributed by atoms with Crippen LogP contribution in [0.4, 0.5) is 4.79 Å². The zero-order valence-corrected chi connectivity index (χ0v) is 11.6. The van der Waals surface area contributed by atoms with Gasteiger partial charge in [-0.3, -0.25) is 4.98 Å². The van der Waals surface area contributed by atoms with Gasteiger partial charge in [0.05, 0.1) is 5.69 Å². The van der Waals surface area contributed by atoms with Crippen molar-refractivity contribution < 1.29 is 4.79 Å². The second-order valence-corrected chi connectivity index (χ2v) is 5.07.